The van der Waals surface area contributed by atoms with Crippen molar-refractivity contribution < 1.29 is 0 Å². The van der Waals surface area contributed by atoms with E-state index >= 15 is 0 Å². The van der Waals surface area contributed by atoms with Crippen molar-refractivity contribution in [3.8, 4) is 0 Å². The molecule has 2 aromatic rings. The average Bonchev–Trinajstić information content (AvgIpc) is 2.44. The van der Waals surface area contributed by atoms with Gasteiger partial charge in [0.2, 0.25) is 0 Å². The van der Waals surface area contributed by atoms with Crippen LogP contribution in [0, 0.1) is 13.8 Å². The summed E-state index contributed by atoms with van der Waals surface area (Å²) in [7, 11) is 0. The van der Waals surface area contributed by atoms with E-state index in [1.165, 1.54) is 0 Å². The highest BCUT2D eigenvalue weighted by Gasteiger charge is 2.20. The van der Waals surface area contributed by atoms with Crippen molar-refractivity contribution in [3.63, 3.8) is 0 Å². The zero-order valence-corrected chi connectivity index (χ0v) is 9.87. The normalized spacial score (nSPS) is 12.3. The zero-order chi connectivity index (χ0) is 11.2. The lowest BCUT2D eigenvalue weighted by atomic mass is 10.1. The minimum Gasteiger partial charge on any atom is -0.242 e. The molecule has 0 aliphatic carbocycles. The van der Waals surface area contributed by atoms with Crippen LogP contribution < -0.4 is 0 Å². The zero-order valence-electron chi connectivity index (χ0n) is 9.87. The third-order valence-corrected chi connectivity index (χ3v) is 2.46. The molecule has 0 aromatic carbocycles. The molecule has 0 aliphatic rings. The second kappa shape index (κ2) is 3.02. The van der Waals surface area contributed by atoms with E-state index in [1.807, 2.05) is 18.5 Å². The fourth-order valence-electron chi connectivity index (χ4n) is 1.76. The number of fused-ring (bicyclic) bond motifs is 1. The quantitative estimate of drug-likeness (QED) is 0.660. The molecule has 0 fully saturated rings. The molecular formula is C11H16N4. The predicted molar refractivity (Wildman–Crippen MR) is 59.8 cm³/mol. The third kappa shape index (κ3) is 1.50. The SMILES string of the molecule is Cc1ncnc2c1c(C)nn2C(C)(C)C. The molecule has 0 saturated heterocycles. The maximum absolute atomic E-state index is 4.54. The first-order valence-corrected chi connectivity index (χ1v) is 5.08. The molecule has 2 aromatic heterocycles. The van der Waals surface area contributed by atoms with Gasteiger partial charge >= 0.3 is 0 Å². The molecule has 4 nitrogen and oxygen atoms in total. The molecule has 0 unspecified atom stereocenters. The Balaban J connectivity index is 2.85. The van der Waals surface area contributed by atoms with Crippen LogP contribution in [0.5, 0.6) is 0 Å². The van der Waals surface area contributed by atoms with Crippen molar-refractivity contribution in [3.05, 3.63) is 17.7 Å². The molecule has 4 heteroatoms. The lowest BCUT2D eigenvalue weighted by Gasteiger charge is -2.19. The van der Waals surface area contributed by atoms with E-state index in [2.05, 4.69) is 35.8 Å². The standard InChI is InChI=1S/C11H16N4/c1-7-9-8(2)14-15(11(3,4)5)10(9)13-6-12-7/h6H,1-5H3. The second-order valence-corrected chi connectivity index (χ2v) is 4.83. The summed E-state index contributed by atoms with van der Waals surface area (Å²) in [5, 5.41) is 5.61. The molecular weight excluding hydrogens is 188 g/mol. The first kappa shape index (κ1) is 10.1. The molecule has 0 saturated carbocycles. The molecule has 0 spiro atoms. The van der Waals surface area contributed by atoms with Crippen LogP contribution in [0.2, 0.25) is 0 Å². The van der Waals surface area contributed by atoms with Crippen LogP contribution in [0.1, 0.15) is 32.2 Å². The second-order valence-electron chi connectivity index (χ2n) is 4.83. The Kier molecular flexibility index (Phi) is 2.03. The van der Waals surface area contributed by atoms with Crippen LogP contribution in [0.15, 0.2) is 6.33 Å². The minimum atomic E-state index is -0.0483. The van der Waals surface area contributed by atoms with Crippen molar-refractivity contribution in [2.24, 2.45) is 0 Å². The highest BCUT2D eigenvalue weighted by molar-refractivity contribution is 5.80. The van der Waals surface area contributed by atoms with Crippen LogP contribution in [-0.2, 0) is 5.54 Å². The molecule has 0 atom stereocenters. The molecule has 0 amide bonds. The Bertz CT molecular complexity index is 505. The monoisotopic (exact) mass is 204 g/mol. The van der Waals surface area contributed by atoms with E-state index in [9.17, 15) is 0 Å². The highest BCUT2D eigenvalue weighted by Crippen LogP contribution is 2.23. The number of rotatable bonds is 0. The van der Waals surface area contributed by atoms with Gasteiger partial charge in [-0.25, -0.2) is 14.6 Å². The Morgan fingerprint density at radius 1 is 1.07 bits per heavy atom. The van der Waals surface area contributed by atoms with Gasteiger partial charge in [-0.05, 0) is 34.6 Å². The van der Waals surface area contributed by atoms with E-state index in [0.29, 0.717) is 0 Å². The first-order chi connectivity index (χ1) is 6.91. The maximum Gasteiger partial charge on any atom is 0.162 e. The molecule has 0 bridgehead atoms. The fourth-order valence-corrected chi connectivity index (χ4v) is 1.76. The number of aromatic nitrogens is 4. The van der Waals surface area contributed by atoms with E-state index in [0.717, 1.165) is 22.4 Å². The molecule has 2 rings (SSSR count). The van der Waals surface area contributed by atoms with Gasteiger partial charge in [-0.2, -0.15) is 5.10 Å². The Morgan fingerprint density at radius 2 is 1.73 bits per heavy atom. The first-order valence-electron chi connectivity index (χ1n) is 5.08. The van der Waals surface area contributed by atoms with Crippen molar-refractivity contribution in [1.82, 2.24) is 19.7 Å². The summed E-state index contributed by atoms with van der Waals surface area (Å²) in [4.78, 5) is 8.52. The molecule has 15 heavy (non-hydrogen) atoms. The minimum absolute atomic E-state index is 0.0483. The van der Waals surface area contributed by atoms with E-state index in [4.69, 9.17) is 0 Å². The fraction of sp³-hybridized carbons (Fsp3) is 0.545. The third-order valence-electron chi connectivity index (χ3n) is 2.46. The Labute approximate surface area is 89.3 Å². The van der Waals surface area contributed by atoms with Gasteiger partial charge in [0.25, 0.3) is 0 Å². The van der Waals surface area contributed by atoms with Gasteiger partial charge in [0.05, 0.1) is 22.3 Å². The summed E-state index contributed by atoms with van der Waals surface area (Å²) < 4.78 is 1.96. The van der Waals surface area contributed by atoms with Crippen molar-refractivity contribution in [2.45, 2.75) is 40.2 Å². The van der Waals surface area contributed by atoms with Crippen molar-refractivity contribution >= 4 is 11.0 Å². The van der Waals surface area contributed by atoms with Gasteiger partial charge in [-0.15, -0.1) is 0 Å². The van der Waals surface area contributed by atoms with Crippen LogP contribution in [-0.4, -0.2) is 19.7 Å². The summed E-state index contributed by atoms with van der Waals surface area (Å²) in [6, 6.07) is 0. The van der Waals surface area contributed by atoms with Gasteiger partial charge in [0.15, 0.2) is 5.65 Å². The van der Waals surface area contributed by atoms with E-state index < -0.39 is 0 Å². The number of hydrogen-bond donors (Lipinski definition) is 0. The Morgan fingerprint density at radius 3 is 2.33 bits per heavy atom. The van der Waals surface area contributed by atoms with E-state index in [-0.39, 0.29) is 5.54 Å². The topological polar surface area (TPSA) is 43.6 Å². The van der Waals surface area contributed by atoms with Gasteiger partial charge < -0.3 is 0 Å². The highest BCUT2D eigenvalue weighted by atomic mass is 15.3. The van der Waals surface area contributed by atoms with Crippen LogP contribution >= 0.6 is 0 Å². The predicted octanol–water partition coefficient (Wildman–Crippen LogP) is 2.20. The average molecular weight is 204 g/mol. The van der Waals surface area contributed by atoms with Gasteiger partial charge in [0.1, 0.15) is 6.33 Å². The largest absolute Gasteiger partial charge is 0.242 e. The lowest BCUT2D eigenvalue weighted by Crippen LogP contribution is -2.23. The van der Waals surface area contributed by atoms with Crippen LogP contribution in [0.3, 0.4) is 0 Å². The summed E-state index contributed by atoms with van der Waals surface area (Å²) in [6.07, 6.45) is 1.60. The van der Waals surface area contributed by atoms with Crippen LogP contribution in [0.4, 0.5) is 0 Å². The summed E-state index contributed by atoms with van der Waals surface area (Å²) in [5.41, 5.74) is 2.87. The van der Waals surface area contributed by atoms with Gasteiger partial charge in [0, 0.05) is 0 Å². The van der Waals surface area contributed by atoms with E-state index in [1.54, 1.807) is 6.33 Å². The summed E-state index contributed by atoms with van der Waals surface area (Å²) >= 11 is 0. The van der Waals surface area contributed by atoms with Crippen molar-refractivity contribution in [2.75, 3.05) is 0 Å². The molecule has 0 aliphatic heterocycles. The number of aryl methyl sites for hydroxylation is 2. The van der Waals surface area contributed by atoms with Gasteiger partial charge in [-0.1, -0.05) is 0 Å². The van der Waals surface area contributed by atoms with Crippen LogP contribution in [0.25, 0.3) is 11.0 Å². The molecule has 80 valence electrons. The maximum atomic E-state index is 4.54. The summed E-state index contributed by atoms with van der Waals surface area (Å²) in [6.45, 7) is 10.4. The molecule has 0 radical (unpaired) electrons. The lowest BCUT2D eigenvalue weighted by molar-refractivity contribution is 0.364. The number of nitrogens with zero attached hydrogens (tertiary/aromatic N) is 4. The molecule has 0 N–H and O–H groups in total. The van der Waals surface area contributed by atoms with Gasteiger partial charge in [-0.3, -0.25) is 0 Å². The van der Waals surface area contributed by atoms with Crippen molar-refractivity contribution in [1.29, 1.82) is 0 Å². The number of hydrogen-bond acceptors (Lipinski definition) is 3. The smallest absolute Gasteiger partial charge is 0.162 e. The summed E-state index contributed by atoms with van der Waals surface area (Å²) in [5.74, 6) is 0. The Hall–Kier alpha value is -1.45. The molecule has 2 heterocycles.